The van der Waals surface area contributed by atoms with Gasteiger partial charge in [-0.3, -0.25) is 0 Å². The second kappa shape index (κ2) is 16.9. The zero-order chi connectivity index (χ0) is 30.5. The van der Waals surface area contributed by atoms with Gasteiger partial charge in [-0.1, -0.05) is 134 Å². The Kier molecular flexibility index (Phi) is 13.3. The summed E-state index contributed by atoms with van der Waals surface area (Å²) in [5.41, 5.74) is 6.05. The molecule has 226 valence electrons. The lowest BCUT2D eigenvalue weighted by molar-refractivity contribution is 0.0695. The van der Waals surface area contributed by atoms with Crippen LogP contribution in [0.3, 0.4) is 0 Å². The first-order chi connectivity index (χ1) is 20.3. The number of carboxylic acid groups (broad SMARTS) is 2. The van der Waals surface area contributed by atoms with Gasteiger partial charge in [0, 0.05) is 0 Å². The van der Waals surface area contributed by atoms with Gasteiger partial charge in [-0.25, -0.2) is 9.59 Å². The molecule has 3 aromatic carbocycles. The van der Waals surface area contributed by atoms with Crippen LogP contribution in [0.25, 0.3) is 0 Å². The normalized spacial score (nSPS) is 12.7. The Bertz CT molecular complexity index is 1180. The number of benzene rings is 3. The third kappa shape index (κ3) is 9.86. The zero-order valence-corrected chi connectivity index (χ0v) is 26.1. The van der Waals surface area contributed by atoms with Crippen molar-refractivity contribution < 1.29 is 19.8 Å². The highest BCUT2D eigenvalue weighted by molar-refractivity contribution is 5.96. The van der Waals surface area contributed by atoms with Gasteiger partial charge >= 0.3 is 11.9 Å². The Morgan fingerprint density at radius 3 is 1.24 bits per heavy atom. The van der Waals surface area contributed by atoms with Crippen LogP contribution in [0.15, 0.2) is 60.7 Å². The highest BCUT2D eigenvalue weighted by atomic mass is 16.4. The van der Waals surface area contributed by atoms with Crippen LogP contribution in [-0.2, 0) is 25.7 Å². The van der Waals surface area contributed by atoms with E-state index >= 15 is 0 Å². The van der Waals surface area contributed by atoms with E-state index in [1.165, 1.54) is 68.6 Å². The molecule has 0 aliphatic heterocycles. The van der Waals surface area contributed by atoms with Gasteiger partial charge in [0.05, 0.1) is 11.1 Å². The summed E-state index contributed by atoms with van der Waals surface area (Å²) in [7, 11) is 0. The molecular weight excluding hydrogens is 520 g/mol. The fourth-order valence-electron chi connectivity index (χ4n) is 5.97. The summed E-state index contributed by atoms with van der Waals surface area (Å²) in [6.07, 6.45) is 12.8. The predicted molar refractivity (Wildman–Crippen MR) is 173 cm³/mol. The van der Waals surface area contributed by atoms with E-state index < -0.39 is 11.9 Å². The van der Waals surface area contributed by atoms with Crippen molar-refractivity contribution in [2.75, 3.05) is 0 Å². The molecule has 0 spiro atoms. The summed E-state index contributed by atoms with van der Waals surface area (Å²) in [5, 5.41) is 19.9. The van der Waals surface area contributed by atoms with Crippen LogP contribution in [0, 0.1) is 11.8 Å². The largest absolute Gasteiger partial charge is 0.478 e. The van der Waals surface area contributed by atoms with E-state index in [2.05, 4.69) is 76.2 Å². The first-order valence-corrected chi connectivity index (χ1v) is 16.1. The van der Waals surface area contributed by atoms with Gasteiger partial charge in [-0.15, -0.1) is 0 Å². The second-order valence-electron chi connectivity index (χ2n) is 12.0. The van der Waals surface area contributed by atoms with Gasteiger partial charge in [0.15, 0.2) is 0 Å². The van der Waals surface area contributed by atoms with E-state index in [-0.39, 0.29) is 11.1 Å². The first kappa shape index (κ1) is 33.1. The first-order valence-electron chi connectivity index (χ1n) is 16.1. The van der Waals surface area contributed by atoms with E-state index in [0.29, 0.717) is 35.8 Å². The molecule has 2 atom stereocenters. The summed E-state index contributed by atoms with van der Waals surface area (Å²) in [5.74, 6) is -0.835. The summed E-state index contributed by atoms with van der Waals surface area (Å²) >= 11 is 0. The maximum absolute atomic E-state index is 12.2. The fraction of sp³-hybridized carbons (Fsp3) is 0.474. The van der Waals surface area contributed by atoms with Crippen molar-refractivity contribution in [3.05, 3.63) is 105 Å². The van der Waals surface area contributed by atoms with Crippen molar-refractivity contribution in [1.29, 1.82) is 0 Å². The molecule has 0 saturated heterocycles. The van der Waals surface area contributed by atoms with Crippen molar-refractivity contribution in [3.8, 4) is 0 Å². The topological polar surface area (TPSA) is 74.6 Å². The second-order valence-corrected chi connectivity index (χ2v) is 12.0. The van der Waals surface area contributed by atoms with E-state index in [0.717, 1.165) is 24.0 Å². The maximum atomic E-state index is 12.2. The number of rotatable bonds is 18. The molecule has 0 radical (unpaired) electrons. The molecule has 2 unspecified atom stereocenters. The molecule has 0 aliphatic rings. The van der Waals surface area contributed by atoms with Gasteiger partial charge in [0.1, 0.15) is 0 Å². The Balaban J connectivity index is 1.82. The van der Waals surface area contributed by atoms with E-state index in [9.17, 15) is 19.8 Å². The molecule has 4 heteroatoms. The molecule has 0 saturated carbocycles. The fourth-order valence-corrected chi connectivity index (χ4v) is 5.97. The minimum Gasteiger partial charge on any atom is -0.478 e. The maximum Gasteiger partial charge on any atom is 0.336 e. The van der Waals surface area contributed by atoms with E-state index in [1.54, 1.807) is 6.07 Å². The lowest BCUT2D eigenvalue weighted by Gasteiger charge is -2.16. The van der Waals surface area contributed by atoms with Crippen molar-refractivity contribution in [2.45, 2.75) is 105 Å². The molecule has 0 amide bonds. The average Bonchev–Trinajstić information content (AvgIpc) is 2.98. The number of carbonyl (C=O) groups is 2. The van der Waals surface area contributed by atoms with E-state index in [4.69, 9.17) is 0 Å². The van der Waals surface area contributed by atoms with Gasteiger partial charge < -0.3 is 10.2 Å². The van der Waals surface area contributed by atoms with Crippen LogP contribution in [0.5, 0.6) is 0 Å². The van der Waals surface area contributed by atoms with Gasteiger partial charge in [0.25, 0.3) is 0 Å². The monoisotopic (exact) mass is 570 g/mol. The van der Waals surface area contributed by atoms with Crippen LogP contribution >= 0.6 is 0 Å². The van der Waals surface area contributed by atoms with Crippen LogP contribution < -0.4 is 0 Å². The van der Waals surface area contributed by atoms with Crippen LogP contribution in [-0.4, -0.2) is 22.2 Å². The van der Waals surface area contributed by atoms with Gasteiger partial charge in [0.2, 0.25) is 0 Å². The third-order valence-corrected chi connectivity index (χ3v) is 8.76. The molecule has 3 rings (SSSR count). The quantitative estimate of drug-likeness (QED) is 0.160. The zero-order valence-electron chi connectivity index (χ0n) is 26.1. The summed E-state index contributed by atoms with van der Waals surface area (Å²) in [6.45, 7) is 8.97. The van der Waals surface area contributed by atoms with Crippen LogP contribution in [0.1, 0.15) is 133 Å². The van der Waals surface area contributed by atoms with Crippen molar-refractivity contribution in [2.24, 2.45) is 11.8 Å². The summed E-state index contributed by atoms with van der Waals surface area (Å²) in [4.78, 5) is 24.3. The molecule has 0 heterocycles. The molecule has 3 aromatic rings. The Labute approximate surface area is 253 Å². The molecule has 0 fully saturated rings. The summed E-state index contributed by atoms with van der Waals surface area (Å²) < 4.78 is 0. The lowest BCUT2D eigenvalue weighted by atomic mass is 9.89. The molecule has 0 aliphatic carbocycles. The third-order valence-electron chi connectivity index (χ3n) is 8.76. The molecule has 2 N–H and O–H groups in total. The van der Waals surface area contributed by atoms with Crippen molar-refractivity contribution in [1.82, 2.24) is 0 Å². The molecule has 42 heavy (non-hydrogen) atoms. The number of carboxylic acids is 2. The predicted octanol–water partition coefficient (Wildman–Crippen LogP) is 9.78. The van der Waals surface area contributed by atoms with E-state index in [1.807, 2.05) is 0 Å². The number of aromatic carboxylic acids is 2. The minimum absolute atomic E-state index is 0.0545. The smallest absolute Gasteiger partial charge is 0.336 e. The Morgan fingerprint density at radius 1 is 0.571 bits per heavy atom. The van der Waals surface area contributed by atoms with Gasteiger partial charge in [-0.05, 0) is 77.0 Å². The Hall–Kier alpha value is -3.40. The molecule has 0 bridgehead atoms. The SMILES string of the molecule is CCCCC(CC)Cc1ccc(Cc2cc(Cc3ccc(CC(CC)CCCC)cc3)c(C(=O)O)cc2C(=O)O)cc1. The minimum atomic E-state index is -1.10. The van der Waals surface area contributed by atoms with Crippen molar-refractivity contribution in [3.63, 3.8) is 0 Å². The molecular formula is C38H50O4. The number of unbranched alkanes of at least 4 members (excludes halogenated alkanes) is 2. The molecule has 4 nitrogen and oxygen atoms in total. The standard InChI is InChI=1S/C38H50O4/c1-5-9-11-27(7-3)21-29-13-17-31(18-14-29)23-33-25-34(36(38(41)42)26-35(33)37(39)40)24-32-19-15-30(16-20-32)22-28(8-4)12-10-6-2/h13-20,25-28H,5-12,21-24H2,1-4H3,(H,39,40)(H,41,42). The lowest BCUT2D eigenvalue weighted by Crippen LogP contribution is -2.11. The highest BCUT2D eigenvalue weighted by Crippen LogP contribution is 2.26. The highest BCUT2D eigenvalue weighted by Gasteiger charge is 2.20. The van der Waals surface area contributed by atoms with Crippen molar-refractivity contribution >= 4 is 11.9 Å². The van der Waals surface area contributed by atoms with Crippen LogP contribution in [0.4, 0.5) is 0 Å². The molecule has 0 aromatic heterocycles. The number of hydrogen-bond acceptors (Lipinski definition) is 2. The average molecular weight is 571 g/mol. The number of hydrogen-bond donors (Lipinski definition) is 2. The Morgan fingerprint density at radius 2 is 0.929 bits per heavy atom. The van der Waals surface area contributed by atoms with Gasteiger partial charge in [-0.2, -0.15) is 0 Å². The summed E-state index contributed by atoms with van der Waals surface area (Å²) in [6, 6.07) is 20.1. The van der Waals surface area contributed by atoms with Crippen LogP contribution in [0.2, 0.25) is 0 Å².